The Bertz CT molecular complexity index is 908. The number of halogens is 1. The van der Waals surface area contributed by atoms with E-state index in [-0.39, 0.29) is 55.4 Å². The number of fused-ring (bicyclic) bond motifs is 1. The third-order valence-corrected chi connectivity index (χ3v) is 11.3. The molecule has 1 N–H and O–H groups in total. The van der Waals surface area contributed by atoms with Crippen LogP contribution in [0.15, 0.2) is 12.2 Å². The molecular weight excluding hydrogens is 689 g/mol. The first-order valence-electron chi connectivity index (χ1n) is 17.7. The van der Waals surface area contributed by atoms with Gasteiger partial charge in [0.15, 0.2) is 12.6 Å². The van der Waals surface area contributed by atoms with Crippen LogP contribution in [-0.4, -0.2) is 79.7 Å². The van der Waals surface area contributed by atoms with Gasteiger partial charge in [-0.1, -0.05) is 67.9 Å². The van der Waals surface area contributed by atoms with Crippen molar-refractivity contribution >= 4 is 34.5 Å². The number of hydrogen-bond donors (Lipinski definition) is 1. The predicted molar refractivity (Wildman–Crippen MR) is 181 cm³/mol. The largest absolute Gasteiger partial charge is 0.468 e. The topological polar surface area (TPSA) is 102 Å². The van der Waals surface area contributed by atoms with Crippen LogP contribution in [-0.2, 0) is 38.0 Å². The predicted octanol–water partition coefficient (Wildman–Crippen LogP) is 6.64. The second kappa shape index (κ2) is 19.9. The van der Waals surface area contributed by atoms with Crippen LogP contribution in [0.3, 0.4) is 0 Å². The van der Waals surface area contributed by atoms with Crippen molar-refractivity contribution in [3.8, 4) is 0 Å². The Morgan fingerprint density at radius 2 is 1.78 bits per heavy atom. The van der Waals surface area contributed by atoms with Crippen LogP contribution in [0.2, 0.25) is 0 Å². The molecule has 1 saturated carbocycles. The number of esters is 1. The molecule has 0 aromatic carbocycles. The zero-order valence-electron chi connectivity index (χ0n) is 27.8. The summed E-state index contributed by atoms with van der Waals surface area (Å²) in [7, 11) is 1.32. The van der Waals surface area contributed by atoms with Gasteiger partial charge >= 0.3 is 5.97 Å². The van der Waals surface area contributed by atoms with Crippen molar-refractivity contribution in [2.24, 2.45) is 17.8 Å². The van der Waals surface area contributed by atoms with Gasteiger partial charge in [-0.3, -0.25) is 9.59 Å². The molecule has 10 atom stereocenters. The number of carbonyl (C=O) groups excluding carboxylic acids is 2. The number of amides is 1. The molecule has 0 aromatic rings. The molecule has 3 aliphatic heterocycles. The first-order valence-corrected chi connectivity index (χ1v) is 19.0. The minimum atomic E-state index is -0.437. The fourth-order valence-corrected chi connectivity index (χ4v) is 8.15. The molecule has 0 aromatic heterocycles. The molecule has 9 nitrogen and oxygen atoms in total. The lowest BCUT2D eigenvalue weighted by atomic mass is 9.88. The van der Waals surface area contributed by atoms with Crippen LogP contribution in [0.1, 0.15) is 110 Å². The smallest absolute Gasteiger partial charge is 0.325 e. The fraction of sp³-hybridized carbons (Fsp3) is 0.886. The maximum atomic E-state index is 12.1. The van der Waals surface area contributed by atoms with Gasteiger partial charge in [0.05, 0.1) is 31.5 Å². The lowest BCUT2D eigenvalue weighted by Crippen LogP contribution is -2.32. The molecule has 1 aliphatic carbocycles. The molecule has 1 amide bonds. The first-order chi connectivity index (χ1) is 21.9. The van der Waals surface area contributed by atoms with E-state index >= 15 is 0 Å². The Morgan fingerprint density at radius 1 is 1.02 bits per heavy atom. The summed E-state index contributed by atoms with van der Waals surface area (Å²) in [4.78, 5) is 23.4. The van der Waals surface area contributed by atoms with Crippen molar-refractivity contribution in [3.05, 3.63) is 12.2 Å². The molecule has 258 valence electrons. The third kappa shape index (κ3) is 12.3. The van der Waals surface area contributed by atoms with E-state index in [1.54, 1.807) is 0 Å². The second-order valence-electron chi connectivity index (χ2n) is 13.5. The summed E-state index contributed by atoms with van der Waals surface area (Å²) in [5.41, 5.74) is 0. The highest BCUT2D eigenvalue weighted by Crippen LogP contribution is 2.48. The molecular formula is C35H58INO8. The molecule has 4 unspecified atom stereocenters. The van der Waals surface area contributed by atoms with E-state index in [0.717, 1.165) is 83.8 Å². The highest BCUT2D eigenvalue weighted by molar-refractivity contribution is 14.1. The summed E-state index contributed by atoms with van der Waals surface area (Å²) in [6.07, 6.45) is 19.8. The molecule has 4 fully saturated rings. The van der Waals surface area contributed by atoms with Gasteiger partial charge in [0.2, 0.25) is 5.91 Å². The lowest BCUT2D eigenvalue weighted by molar-refractivity contribution is -0.194. The zero-order valence-corrected chi connectivity index (χ0v) is 30.0. The summed E-state index contributed by atoms with van der Waals surface area (Å²) < 4.78 is 36.8. The Balaban J connectivity index is 1.38. The molecule has 45 heavy (non-hydrogen) atoms. The van der Waals surface area contributed by atoms with E-state index in [9.17, 15) is 9.59 Å². The number of ether oxygens (including phenoxy) is 6. The fourth-order valence-electron chi connectivity index (χ4n) is 7.24. The van der Waals surface area contributed by atoms with Crippen LogP contribution in [0.4, 0.5) is 0 Å². The van der Waals surface area contributed by atoms with E-state index in [1.807, 2.05) is 0 Å². The quantitative estimate of drug-likeness (QED) is 0.0722. The third-order valence-electron chi connectivity index (χ3n) is 9.83. The van der Waals surface area contributed by atoms with Gasteiger partial charge in [-0.05, 0) is 76.0 Å². The summed E-state index contributed by atoms with van der Waals surface area (Å²) in [5.74, 6) is 0.645. The molecule has 4 aliphatic rings. The van der Waals surface area contributed by atoms with Crippen molar-refractivity contribution in [2.45, 2.75) is 151 Å². The molecule has 0 bridgehead atoms. The van der Waals surface area contributed by atoms with Gasteiger partial charge in [-0.2, -0.15) is 0 Å². The number of rotatable bonds is 18. The van der Waals surface area contributed by atoms with Crippen LogP contribution < -0.4 is 5.32 Å². The van der Waals surface area contributed by atoms with E-state index in [4.69, 9.17) is 23.7 Å². The van der Waals surface area contributed by atoms with Crippen molar-refractivity contribution in [3.63, 3.8) is 0 Å². The van der Waals surface area contributed by atoms with E-state index in [2.05, 4.69) is 58.6 Å². The maximum Gasteiger partial charge on any atom is 0.325 e. The number of carbonyl (C=O) groups is 2. The molecule has 0 spiro atoms. The number of methoxy groups -OCH3 is 1. The standard InChI is InChI=1S/C35H58INO8/c1-4-5-11-24(2)20-25(43-34-14-6-8-18-41-34)16-17-26-27-21-31(28(36)12-10-13-32(38)37-23-33(39)40-3)44-30(27)22-29(26)45-35-15-7-9-19-42-35/h16-17,24-31,34-35H,4-15,18-23H2,1-3H3,(H,37,38)/t24-,25-,26+,27+,28?,29+,30+,31?,34?,35?/m0/s1. The maximum absolute atomic E-state index is 12.1. The molecule has 3 saturated heterocycles. The summed E-state index contributed by atoms with van der Waals surface area (Å²) in [5, 5.41) is 2.63. The Morgan fingerprint density at radius 3 is 2.47 bits per heavy atom. The number of alkyl halides is 1. The van der Waals surface area contributed by atoms with Gasteiger partial charge < -0.3 is 33.7 Å². The van der Waals surface area contributed by atoms with Crippen molar-refractivity contribution in [1.82, 2.24) is 5.32 Å². The zero-order chi connectivity index (χ0) is 32.0. The highest BCUT2D eigenvalue weighted by Gasteiger charge is 2.51. The van der Waals surface area contributed by atoms with Crippen LogP contribution in [0, 0.1) is 17.8 Å². The number of nitrogens with one attached hydrogen (secondary N) is 1. The molecule has 4 rings (SSSR count). The monoisotopic (exact) mass is 747 g/mol. The number of unbranched alkanes of at least 4 members (excludes halogenated alkanes) is 1. The van der Waals surface area contributed by atoms with E-state index in [1.165, 1.54) is 26.4 Å². The average Bonchev–Trinajstić information content (AvgIpc) is 3.60. The lowest BCUT2D eigenvalue weighted by Gasteiger charge is -2.30. The second-order valence-corrected chi connectivity index (χ2v) is 15.1. The van der Waals surface area contributed by atoms with Crippen LogP contribution in [0.5, 0.6) is 0 Å². The molecule has 3 heterocycles. The number of hydrogen-bond acceptors (Lipinski definition) is 8. The highest BCUT2D eigenvalue weighted by atomic mass is 127. The average molecular weight is 748 g/mol. The van der Waals surface area contributed by atoms with Gasteiger partial charge in [-0.25, -0.2) is 0 Å². The first kappa shape index (κ1) is 37.0. The van der Waals surface area contributed by atoms with Crippen LogP contribution >= 0.6 is 22.6 Å². The Kier molecular flexibility index (Phi) is 16.4. The van der Waals surface area contributed by atoms with Gasteiger partial charge in [-0.15, -0.1) is 0 Å². The van der Waals surface area contributed by atoms with Gasteiger partial charge in [0.1, 0.15) is 6.54 Å². The Labute approximate surface area is 284 Å². The minimum Gasteiger partial charge on any atom is -0.468 e. The van der Waals surface area contributed by atoms with Gasteiger partial charge in [0, 0.05) is 35.9 Å². The van der Waals surface area contributed by atoms with E-state index in [0.29, 0.717) is 22.2 Å². The van der Waals surface area contributed by atoms with Crippen molar-refractivity contribution in [2.75, 3.05) is 26.9 Å². The van der Waals surface area contributed by atoms with E-state index < -0.39 is 5.97 Å². The Hall–Kier alpha value is -0.790. The summed E-state index contributed by atoms with van der Waals surface area (Å²) >= 11 is 2.50. The van der Waals surface area contributed by atoms with Gasteiger partial charge in [0.25, 0.3) is 0 Å². The summed E-state index contributed by atoms with van der Waals surface area (Å²) in [6, 6.07) is 0. The molecule has 10 heteroatoms. The van der Waals surface area contributed by atoms with Crippen molar-refractivity contribution < 1.29 is 38.0 Å². The molecule has 0 radical (unpaired) electrons. The van der Waals surface area contributed by atoms with Crippen molar-refractivity contribution in [1.29, 1.82) is 0 Å². The van der Waals surface area contributed by atoms with Crippen LogP contribution in [0.25, 0.3) is 0 Å². The summed E-state index contributed by atoms with van der Waals surface area (Å²) in [6.45, 7) is 6.07. The minimum absolute atomic E-state index is 0.0198. The normalized spacial score (nSPS) is 32.2. The SMILES string of the molecule is CCCC[C@H](C)C[C@H](C=C[C@@H]1[C@H]2CC(C(I)CCCC(=O)NCC(=O)OC)O[C@@H]2C[C@H]1OC1CCCCO1)OC1CCCCO1.